The van der Waals surface area contributed by atoms with Crippen LogP contribution in [0.2, 0.25) is 0 Å². The van der Waals surface area contributed by atoms with Crippen molar-refractivity contribution in [3.63, 3.8) is 0 Å². The Labute approximate surface area is 192 Å². The fourth-order valence-electron chi connectivity index (χ4n) is 5.01. The quantitative estimate of drug-likeness (QED) is 0.422. The Morgan fingerprint density at radius 3 is 2.82 bits per heavy atom. The van der Waals surface area contributed by atoms with Gasteiger partial charge in [0.15, 0.2) is 5.82 Å². The predicted molar refractivity (Wildman–Crippen MR) is 126 cm³/mol. The van der Waals surface area contributed by atoms with Gasteiger partial charge in [0.1, 0.15) is 5.76 Å². The number of pyridine rings is 1. The molecule has 1 atom stereocenters. The minimum absolute atomic E-state index is 0.0428. The first-order valence-corrected chi connectivity index (χ1v) is 11.8. The number of fused-ring (bicyclic) bond motifs is 1. The Bertz CT molecular complexity index is 1270. The number of furan rings is 1. The Kier molecular flexibility index (Phi) is 6.09. The lowest BCUT2D eigenvalue weighted by Crippen LogP contribution is -2.32. The molecule has 172 valence electrons. The maximum atomic E-state index is 13.0. The lowest BCUT2D eigenvalue weighted by molar-refractivity contribution is 0.146. The summed E-state index contributed by atoms with van der Waals surface area (Å²) >= 11 is 0. The van der Waals surface area contributed by atoms with E-state index in [0.717, 1.165) is 52.9 Å². The number of benzene rings is 1. The molecular formula is C25H30N6O2. The van der Waals surface area contributed by atoms with E-state index < -0.39 is 0 Å². The van der Waals surface area contributed by atoms with Gasteiger partial charge in [0, 0.05) is 17.6 Å². The number of H-pyrrole nitrogens is 1. The van der Waals surface area contributed by atoms with Crippen molar-refractivity contribution in [2.24, 2.45) is 0 Å². The predicted octanol–water partition coefficient (Wildman–Crippen LogP) is 4.68. The van der Waals surface area contributed by atoms with Gasteiger partial charge in [-0.1, -0.05) is 31.9 Å². The van der Waals surface area contributed by atoms with E-state index in [1.807, 2.05) is 35.9 Å². The van der Waals surface area contributed by atoms with Crippen LogP contribution in [0, 0.1) is 6.92 Å². The van der Waals surface area contributed by atoms with Gasteiger partial charge < -0.3 is 9.40 Å². The SMILES string of the molecule is CCC(c1nnnn1C1CCCC1)N(Cc1ccco1)Cc1cc2ccc(C)cc2[nH]c1=O. The number of aromatic nitrogens is 5. The normalized spacial score (nSPS) is 15.6. The minimum atomic E-state index is -0.0669. The Balaban J connectivity index is 1.51. The molecule has 0 aliphatic heterocycles. The van der Waals surface area contributed by atoms with Crippen molar-refractivity contribution < 1.29 is 4.42 Å². The fraction of sp³-hybridized carbons (Fsp3) is 0.440. The first-order valence-electron chi connectivity index (χ1n) is 11.8. The molecule has 3 heterocycles. The van der Waals surface area contributed by atoms with Crippen LogP contribution in [-0.4, -0.2) is 30.1 Å². The highest BCUT2D eigenvalue weighted by atomic mass is 16.3. The third-order valence-electron chi connectivity index (χ3n) is 6.71. The molecule has 1 aliphatic carbocycles. The first-order chi connectivity index (χ1) is 16.1. The van der Waals surface area contributed by atoms with Gasteiger partial charge in [0.05, 0.1) is 24.9 Å². The lowest BCUT2D eigenvalue weighted by atomic mass is 10.1. The van der Waals surface area contributed by atoms with Gasteiger partial charge in [0.2, 0.25) is 0 Å². The molecule has 1 saturated carbocycles. The monoisotopic (exact) mass is 446 g/mol. The van der Waals surface area contributed by atoms with Crippen molar-refractivity contribution in [3.8, 4) is 0 Å². The third kappa shape index (κ3) is 4.48. The van der Waals surface area contributed by atoms with Gasteiger partial charge in [-0.2, -0.15) is 0 Å². The molecule has 0 amide bonds. The van der Waals surface area contributed by atoms with Crippen molar-refractivity contribution in [3.05, 3.63) is 75.7 Å². The molecule has 1 aliphatic rings. The van der Waals surface area contributed by atoms with Gasteiger partial charge >= 0.3 is 0 Å². The molecule has 8 heteroatoms. The molecule has 0 saturated heterocycles. The largest absolute Gasteiger partial charge is 0.468 e. The van der Waals surface area contributed by atoms with E-state index >= 15 is 0 Å². The van der Waals surface area contributed by atoms with E-state index in [0.29, 0.717) is 19.1 Å². The molecule has 1 aromatic carbocycles. The summed E-state index contributed by atoms with van der Waals surface area (Å²) in [5.74, 6) is 1.71. The van der Waals surface area contributed by atoms with Crippen molar-refractivity contribution in [2.75, 3.05) is 0 Å². The molecule has 33 heavy (non-hydrogen) atoms. The van der Waals surface area contributed by atoms with Crippen molar-refractivity contribution >= 4 is 10.9 Å². The zero-order valence-corrected chi connectivity index (χ0v) is 19.2. The van der Waals surface area contributed by atoms with Gasteiger partial charge in [-0.15, -0.1) is 5.10 Å². The molecule has 0 radical (unpaired) electrons. The molecule has 0 spiro atoms. The molecule has 1 N–H and O–H groups in total. The van der Waals surface area contributed by atoms with Crippen LogP contribution in [0.4, 0.5) is 0 Å². The number of aromatic amines is 1. The second-order valence-corrected chi connectivity index (χ2v) is 9.04. The molecule has 8 nitrogen and oxygen atoms in total. The molecular weight excluding hydrogens is 416 g/mol. The number of aryl methyl sites for hydroxylation is 1. The standard InChI is InChI=1S/C25H30N6O2/c1-3-23(24-27-28-29-31(24)20-7-4-5-8-20)30(16-21-9-6-12-33-21)15-19-14-18-11-10-17(2)13-22(18)26-25(19)32/h6,9-14,20,23H,3-5,7-8,15-16H2,1-2H3,(H,26,32). The molecule has 4 aromatic rings. The van der Waals surface area contributed by atoms with Crippen LogP contribution in [0.15, 0.2) is 51.9 Å². The summed E-state index contributed by atoms with van der Waals surface area (Å²) in [6, 6.07) is 12.3. The maximum absolute atomic E-state index is 13.0. The van der Waals surface area contributed by atoms with Crippen LogP contribution >= 0.6 is 0 Å². The Hall–Kier alpha value is -3.26. The molecule has 1 fully saturated rings. The van der Waals surface area contributed by atoms with E-state index in [1.54, 1.807) is 6.26 Å². The van der Waals surface area contributed by atoms with Gasteiger partial charge in [0.25, 0.3) is 5.56 Å². The first kappa shape index (κ1) is 21.6. The van der Waals surface area contributed by atoms with Crippen LogP contribution in [0.5, 0.6) is 0 Å². The van der Waals surface area contributed by atoms with E-state index in [2.05, 4.69) is 44.5 Å². The Morgan fingerprint density at radius 2 is 2.06 bits per heavy atom. The van der Waals surface area contributed by atoms with Gasteiger partial charge in [-0.05, 0) is 71.8 Å². The summed E-state index contributed by atoms with van der Waals surface area (Å²) < 4.78 is 7.69. The summed E-state index contributed by atoms with van der Waals surface area (Å²) in [4.78, 5) is 18.3. The molecule has 5 rings (SSSR count). The van der Waals surface area contributed by atoms with Crippen LogP contribution in [0.3, 0.4) is 0 Å². The highest BCUT2D eigenvalue weighted by molar-refractivity contribution is 5.79. The van der Waals surface area contributed by atoms with E-state index in [9.17, 15) is 4.79 Å². The average molecular weight is 447 g/mol. The summed E-state index contributed by atoms with van der Waals surface area (Å²) in [7, 11) is 0. The number of rotatable bonds is 8. The maximum Gasteiger partial charge on any atom is 0.252 e. The molecule has 3 aromatic heterocycles. The van der Waals surface area contributed by atoms with Gasteiger partial charge in [-0.25, -0.2) is 4.68 Å². The summed E-state index contributed by atoms with van der Waals surface area (Å²) in [6.45, 7) is 5.20. The summed E-state index contributed by atoms with van der Waals surface area (Å²) in [5, 5.41) is 13.9. The van der Waals surface area contributed by atoms with Gasteiger partial charge in [-0.3, -0.25) is 9.69 Å². The second kappa shape index (κ2) is 9.31. The number of tetrazole rings is 1. The number of hydrogen-bond acceptors (Lipinski definition) is 6. The van der Waals surface area contributed by atoms with E-state index in [1.165, 1.54) is 12.8 Å². The summed E-state index contributed by atoms with van der Waals surface area (Å²) in [6.07, 6.45) is 7.14. The highest BCUT2D eigenvalue weighted by Gasteiger charge is 2.30. The van der Waals surface area contributed by atoms with E-state index in [-0.39, 0.29) is 11.6 Å². The van der Waals surface area contributed by atoms with E-state index in [4.69, 9.17) is 4.42 Å². The lowest BCUT2D eigenvalue weighted by Gasteiger charge is -2.30. The zero-order valence-electron chi connectivity index (χ0n) is 19.2. The van der Waals surface area contributed by atoms with Crippen molar-refractivity contribution in [2.45, 2.75) is 71.1 Å². The Morgan fingerprint density at radius 1 is 1.21 bits per heavy atom. The average Bonchev–Trinajstić information content (AvgIpc) is 3.57. The molecule has 0 bridgehead atoms. The number of hydrogen-bond donors (Lipinski definition) is 1. The highest BCUT2D eigenvalue weighted by Crippen LogP contribution is 2.33. The zero-order chi connectivity index (χ0) is 22.8. The topological polar surface area (TPSA) is 92.8 Å². The third-order valence-corrected chi connectivity index (χ3v) is 6.71. The van der Waals surface area contributed by atoms with Crippen LogP contribution in [0.1, 0.15) is 73.8 Å². The summed E-state index contributed by atoms with van der Waals surface area (Å²) in [5.41, 5.74) is 2.63. The van der Waals surface area contributed by atoms with Crippen LogP contribution in [-0.2, 0) is 13.1 Å². The fourth-order valence-corrected chi connectivity index (χ4v) is 5.01. The second-order valence-electron chi connectivity index (χ2n) is 9.04. The smallest absolute Gasteiger partial charge is 0.252 e. The number of nitrogens with zero attached hydrogens (tertiary/aromatic N) is 5. The van der Waals surface area contributed by atoms with Crippen LogP contribution < -0.4 is 5.56 Å². The number of nitrogens with one attached hydrogen (secondary N) is 1. The van der Waals surface area contributed by atoms with Crippen molar-refractivity contribution in [1.82, 2.24) is 30.1 Å². The van der Waals surface area contributed by atoms with Crippen LogP contribution in [0.25, 0.3) is 10.9 Å². The van der Waals surface area contributed by atoms with Crippen molar-refractivity contribution in [1.29, 1.82) is 0 Å². The minimum Gasteiger partial charge on any atom is -0.468 e. The molecule has 1 unspecified atom stereocenters.